The molecule has 7 heteroatoms. The van der Waals surface area contributed by atoms with Crippen LogP contribution in [0.4, 0.5) is 0 Å². The third-order valence-corrected chi connectivity index (χ3v) is 2.40. The quantitative estimate of drug-likeness (QED) is 0.660. The number of rotatable bonds is 3. The second-order valence-corrected chi connectivity index (χ2v) is 3.71. The van der Waals surface area contributed by atoms with Gasteiger partial charge in [-0.15, -0.1) is 0 Å². The molecule has 86 valence electrons. The number of primary amides is 1. The number of aromatic nitrogens is 1. The molecule has 5 nitrogen and oxygen atoms in total. The molecular formula is C9H8Cl2N2O3. The predicted molar refractivity (Wildman–Crippen MR) is 58.3 cm³/mol. The van der Waals surface area contributed by atoms with Crippen molar-refractivity contribution < 1.29 is 14.3 Å². The van der Waals surface area contributed by atoms with E-state index >= 15 is 0 Å². The van der Waals surface area contributed by atoms with Crippen molar-refractivity contribution >= 4 is 35.1 Å². The summed E-state index contributed by atoms with van der Waals surface area (Å²) in [4.78, 5) is 25.8. The lowest BCUT2D eigenvalue weighted by molar-refractivity contribution is -0.125. The van der Waals surface area contributed by atoms with Gasteiger partial charge in [0.1, 0.15) is 5.15 Å². The van der Waals surface area contributed by atoms with Crippen molar-refractivity contribution in [1.82, 2.24) is 4.98 Å². The van der Waals surface area contributed by atoms with Gasteiger partial charge in [0.25, 0.3) is 5.91 Å². The average molecular weight is 263 g/mol. The van der Waals surface area contributed by atoms with Gasteiger partial charge in [0.05, 0.1) is 10.6 Å². The minimum Gasteiger partial charge on any atom is -0.449 e. The van der Waals surface area contributed by atoms with Crippen molar-refractivity contribution in [2.24, 2.45) is 5.73 Å². The molecule has 0 aliphatic rings. The summed E-state index contributed by atoms with van der Waals surface area (Å²) in [5, 5.41) is 0.212. The van der Waals surface area contributed by atoms with Crippen molar-refractivity contribution in [3.63, 3.8) is 0 Å². The SMILES string of the molecule is CC(OC(=O)c1cnc(Cl)c(Cl)c1)C(N)=O. The maximum atomic E-state index is 11.5. The predicted octanol–water partition coefficient (Wildman–Crippen LogP) is 1.42. The van der Waals surface area contributed by atoms with E-state index < -0.39 is 18.0 Å². The minimum absolute atomic E-state index is 0.0844. The number of hydrogen-bond donors (Lipinski definition) is 1. The maximum Gasteiger partial charge on any atom is 0.340 e. The minimum atomic E-state index is -1.01. The van der Waals surface area contributed by atoms with Crippen LogP contribution >= 0.6 is 23.2 Å². The second-order valence-electron chi connectivity index (χ2n) is 2.95. The van der Waals surface area contributed by atoms with E-state index in [0.29, 0.717) is 0 Å². The fourth-order valence-corrected chi connectivity index (χ4v) is 1.09. The number of ether oxygens (including phenoxy) is 1. The first-order chi connectivity index (χ1) is 7.41. The summed E-state index contributed by atoms with van der Waals surface area (Å²) in [6.45, 7) is 1.37. The van der Waals surface area contributed by atoms with E-state index in [1.807, 2.05) is 0 Å². The van der Waals surface area contributed by atoms with E-state index in [2.05, 4.69) is 4.98 Å². The molecule has 2 N–H and O–H groups in total. The van der Waals surface area contributed by atoms with E-state index in [1.54, 1.807) is 0 Å². The number of amides is 1. The highest BCUT2D eigenvalue weighted by molar-refractivity contribution is 6.41. The Hall–Kier alpha value is -1.33. The molecule has 0 aliphatic heterocycles. The zero-order chi connectivity index (χ0) is 12.3. The Kier molecular flexibility index (Phi) is 4.09. The third kappa shape index (κ3) is 3.08. The molecule has 0 bridgehead atoms. The first kappa shape index (κ1) is 12.7. The zero-order valence-electron chi connectivity index (χ0n) is 8.24. The van der Waals surface area contributed by atoms with E-state index in [0.717, 1.165) is 0 Å². The fourth-order valence-electron chi connectivity index (χ4n) is 0.820. The number of nitrogens with zero attached hydrogens (tertiary/aromatic N) is 1. The summed E-state index contributed by atoms with van der Waals surface area (Å²) in [6, 6.07) is 1.30. The molecule has 0 aliphatic carbocycles. The normalized spacial score (nSPS) is 11.9. The smallest absolute Gasteiger partial charge is 0.340 e. The molecule has 0 fully saturated rings. The Morgan fingerprint density at radius 2 is 2.12 bits per heavy atom. The number of nitrogens with two attached hydrogens (primary N) is 1. The fraction of sp³-hybridized carbons (Fsp3) is 0.222. The summed E-state index contributed by atoms with van der Waals surface area (Å²) >= 11 is 11.2. The molecule has 0 saturated heterocycles. The number of carbonyl (C=O) groups excluding carboxylic acids is 2. The summed E-state index contributed by atoms with van der Waals surface area (Å²) in [7, 11) is 0. The Balaban J connectivity index is 2.81. The lowest BCUT2D eigenvalue weighted by Crippen LogP contribution is -2.30. The van der Waals surface area contributed by atoms with Crippen LogP contribution in [0, 0.1) is 0 Å². The molecule has 0 spiro atoms. The van der Waals surface area contributed by atoms with Crippen LogP contribution in [0.25, 0.3) is 0 Å². The summed E-state index contributed by atoms with van der Waals surface area (Å²) < 4.78 is 4.74. The number of hydrogen-bond acceptors (Lipinski definition) is 4. The topological polar surface area (TPSA) is 82.3 Å². The van der Waals surface area contributed by atoms with Crippen LogP contribution < -0.4 is 5.73 Å². The van der Waals surface area contributed by atoms with Crippen LogP contribution in [-0.2, 0) is 9.53 Å². The third-order valence-electron chi connectivity index (χ3n) is 1.72. The van der Waals surface area contributed by atoms with Gasteiger partial charge in [-0.1, -0.05) is 23.2 Å². The number of pyridine rings is 1. The van der Waals surface area contributed by atoms with Gasteiger partial charge in [0, 0.05) is 6.20 Å². The van der Waals surface area contributed by atoms with E-state index in [4.69, 9.17) is 33.7 Å². The molecule has 1 aromatic rings. The first-order valence-electron chi connectivity index (χ1n) is 4.23. The Morgan fingerprint density at radius 1 is 1.50 bits per heavy atom. The van der Waals surface area contributed by atoms with Crippen LogP contribution in [0.5, 0.6) is 0 Å². The molecule has 1 atom stereocenters. The maximum absolute atomic E-state index is 11.5. The average Bonchev–Trinajstić information content (AvgIpc) is 2.21. The van der Waals surface area contributed by atoms with Gasteiger partial charge in [-0.05, 0) is 13.0 Å². The summed E-state index contributed by atoms with van der Waals surface area (Å²) in [6.07, 6.45) is 0.187. The summed E-state index contributed by atoms with van der Waals surface area (Å²) in [5.41, 5.74) is 5.04. The number of halogens is 2. The van der Waals surface area contributed by atoms with Crippen molar-refractivity contribution in [3.8, 4) is 0 Å². The molecular weight excluding hydrogens is 255 g/mol. The molecule has 1 heterocycles. The van der Waals surface area contributed by atoms with Gasteiger partial charge in [-0.25, -0.2) is 9.78 Å². The second kappa shape index (κ2) is 5.14. The van der Waals surface area contributed by atoms with Crippen molar-refractivity contribution in [2.75, 3.05) is 0 Å². The van der Waals surface area contributed by atoms with E-state index in [-0.39, 0.29) is 15.7 Å². The lowest BCUT2D eigenvalue weighted by atomic mass is 10.3. The van der Waals surface area contributed by atoms with Crippen molar-refractivity contribution in [2.45, 2.75) is 13.0 Å². The van der Waals surface area contributed by atoms with Gasteiger partial charge >= 0.3 is 5.97 Å². The van der Waals surface area contributed by atoms with Gasteiger partial charge in [0.2, 0.25) is 0 Å². The van der Waals surface area contributed by atoms with E-state index in [9.17, 15) is 9.59 Å². The van der Waals surface area contributed by atoms with Crippen LogP contribution in [-0.4, -0.2) is 23.0 Å². The van der Waals surface area contributed by atoms with Gasteiger partial charge in [-0.3, -0.25) is 4.79 Å². The lowest BCUT2D eigenvalue weighted by Gasteiger charge is -2.09. The standard InChI is InChI=1S/C9H8Cl2N2O3/c1-4(8(12)14)16-9(15)5-2-6(10)7(11)13-3-5/h2-4H,1H3,(H2,12,14). The highest BCUT2D eigenvalue weighted by atomic mass is 35.5. The molecule has 0 saturated carbocycles. The highest BCUT2D eigenvalue weighted by Crippen LogP contribution is 2.20. The van der Waals surface area contributed by atoms with Crippen molar-refractivity contribution in [1.29, 1.82) is 0 Å². The van der Waals surface area contributed by atoms with Crippen LogP contribution in [0.2, 0.25) is 10.2 Å². The molecule has 1 unspecified atom stereocenters. The van der Waals surface area contributed by atoms with Crippen LogP contribution in [0.1, 0.15) is 17.3 Å². The Morgan fingerprint density at radius 3 is 2.62 bits per heavy atom. The molecule has 0 aromatic carbocycles. The molecule has 16 heavy (non-hydrogen) atoms. The first-order valence-corrected chi connectivity index (χ1v) is 4.98. The summed E-state index contributed by atoms with van der Waals surface area (Å²) in [5.74, 6) is -1.47. The van der Waals surface area contributed by atoms with Crippen LogP contribution in [0.15, 0.2) is 12.3 Å². The van der Waals surface area contributed by atoms with Gasteiger partial charge in [0.15, 0.2) is 6.10 Å². The largest absolute Gasteiger partial charge is 0.449 e. The van der Waals surface area contributed by atoms with Gasteiger partial charge in [-0.2, -0.15) is 0 Å². The Bertz CT molecular complexity index is 437. The molecule has 1 aromatic heterocycles. The monoisotopic (exact) mass is 262 g/mol. The van der Waals surface area contributed by atoms with E-state index in [1.165, 1.54) is 19.2 Å². The number of carbonyl (C=O) groups is 2. The molecule has 1 rings (SSSR count). The molecule has 1 amide bonds. The zero-order valence-corrected chi connectivity index (χ0v) is 9.75. The van der Waals surface area contributed by atoms with Gasteiger partial charge < -0.3 is 10.5 Å². The van der Waals surface area contributed by atoms with Crippen LogP contribution in [0.3, 0.4) is 0 Å². The Labute approximate surface area is 101 Å². The van der Waals surface area contributed by atoms with Crippen molar-refractivity contribution in [3.05, 3.63) is 28.0 Å². The number of esters is 1. The molecule has 0 radical (unpaired) electrons. The highest BCUT2D eigenvalue weighted by Gasteiger charge is 2.17.